The van der Waals surface area contributed by atoms with Crippen LogP contribution >= 0.6 is 11.6 Å². The number of halogens is 1. The molecule has 0 aromatic heterocycles. The van der Waals surface area contributed by atoms with E-state index in [0.717, 1.165) is 16.7 Å². The van der Waals surface area contributed by atoms with Crippen molar-refractivity contribution in [2.75, 3.05) is 18.1 Å². The molecule has 3 rings (SSSR count). The van der Waals surface area contributed by atoms with Crippen molar-refractivity contribution in [2.45, 2.75) is 46.8 Å². The summed E-state index contributed by atoms with van der Waals surface area (Å²) in [5.74, 6) is -0.142. The van der Waals surface area contributed by atoms with Crippen LogP contribution in [0.15, 0.2) is 36.4 Å². The second-order valence-corrected chi connectivity index (χ2v) is 8.65. The molecular formula is C24H27ClN2O5. The monoisotopic (exact) mass is 458 g/mol. The Balaban J connectivity index is 1.78. The molecule has 0 atom stereocenters. The highest BCUT2D eigenvalue weighted by Gasteiger charge is 2.37. The van der Waals surface area contributed by atoms with Gasteiger partial charge in [-0.2, -0.15) is 0 Å². The molecule has 0 spiro atoms. The van der Waals surface area contributed by atoms with Crippen molar-refractivity contribution in [1.29, 1.82) is 0 Å². The summed E-state index contributed by atoms with van der Waals surface area (Å²) in [7, 11) is 0. The number of nitrogens with zero attached hydrogens (tertiary/aromatic N) is 2. The van der Waals surface area contributed by atoms with Crippen molar-refractivity contribution >= 4 is 35.2 Å². The Morgan fingerprint density at radius 1 is 1.09 bits per heavy atom. The molecule has 170 valence electrons. The number of hydrogen-bond acceptors (Lipinski definition) is 5. The highest BCUT2D eigenvalue weighted by molar-refractivity contribution is 6.30. The van der Waals surface area contributed by atoms with E-state index in [1.54, 1.807) is 45.0 Å². The Labute approximate surface area is 192 Å². The van der Waals surface area contributed by atoms with Crippen LogP contribution in [0.1, 0.15) is 37.5 Å². The predicted octanol–water partition coefficient (Wildman–Crippen LogP) is 4.65. The molecule has 2 aromatic carbocycles. The first-order valence-corrected chi connectivity index (χ1v) is 10.7. The molecule has 1 heterocycles. The van der Waals surface area contributed by atoms with Gasteiger partial charge < -0.3 is 9.47 Å². The summed E-state index contributed by atoms with van der Waals surface area (Å²) in [4.78, 5) is 40.3. The highest BCUT2D eigenvalue weighted by atomic mass is 35.5. The first kappa shape index (κ1) is 23.6. The van der Waals surface area contributed by atoms with Gasteiger partial charge in [0.2, 0.25) is 0 Å². The average molecular weight is 459 g/mol. The van der Waals surface area contributed by atoms with Gasteiger partial charge in [-0.25, -0.2) is 9.59 Å². The Morgan fingerprint density at radius 3 is 2.25 bits per heavy atom. The summed E-state index contributed by atoms with van der Waals surface area (Å²) < 4.78 is 11.1. The number of hydrogen-bond donors (Lipinski definition) is 0. The van der Waals surface area contributed by atoms with Crippen LogP contribution in [-0.4, -0.2) is 41.6 Å². The van der Waals surface area contributed by atoms with Crippen LogP contribution in [0.5, 0.6) is 5.75 Å². The number of amides is 3. The van der Waals surface area contributed by atoms with Gasteiger partial charge in [0.25, 0.3) is 5.91 Å². The van der Waals surface area contributed by atoms with Gasteiger partial charge in [0.1, 0.15) is 12.3 Å². The summed E-state index contributed by atoms with van der Waals surface area (Å²) >= 11 is 5.92. The number of urea groups is 1. The van der Waals surface area contributed by atoms with Gasteiger partial charge >= 0.3 is 12.0 Å². The van der Waals surface area contributed by atoms with Gasteiger partial charge in [-0.05, 0) is 75.6 Å². The Hall–Kier alpha value is -3.06. The number of aryl methyl sites for hydroxylation is 2. The van der Waals surface area contributed by atoms with Crippen LogP contribution in [0, 0.1) is 13.8 Å². The van der Waals surface area contributed by atoms with E-state index in [0.29, 0.717) is 16.5 Å². The summed E-state index contributed by atoms with van der Waals surface area (Å²) in [5, 5.41) is 0.558. The number of benzene rings is 2. The number of imide groups is 1. The van der Waals surface area contributed by atoms with Gasteiger partial charge in [0.15, 0.2) is 5.60 Å². The maximum absolute atomic E-state index is 12.9. The van der Waals surface area contributed by atoms with E-state index >= 15 is 0 Å². The van der Waals surface area contributed by atoms with Gasteiger partial charge in [0, 0.05) is 10.7 Å². The average Bonchev–Trinajstić information content (AvgIpc) is 3.00. The van der Waals surface area contributed by atoms with Crippen molar-refractivity contribution < 1.29 is 23.9 Å². The lowest BCUT2D eigenvalue weighted by Gasteiger charge is -2.26. The molecule has 0 N–H and O–H groups in total. The molecule has 1 saturated heterocycles. The first-order chi connectivity index (χ1) is 15.0. The largest absolute Gasteiger partial charge is 0.476 e. The summed E-state index contributed by atoms with van der Waals surface area (Å²) in [6, 6.07) is 10.1. The Kier molecular flexibility index (Phi) is 6.79. The second kappa shape index (κ2) is 9.20. The van der Waals surface area contributed by atoms with Crippen LogP contribution in [-0.2, 0) is 20.9 Å². The lowest BCUT2D eigenvalue weighted by atomic mass is 10.0. The number of anilines is 1. The van der Waals surface area contributed by atoms with Crippen molar-refractivity contribution in [3.63, 3.8) is 0 Å². The number of esters is 1. The van der Waals surface area contributed by atoms with Crippen molar-refractivity contribution in [3.8, 4) is 5.75 Å². The second-order valence-electron chi connectivity index (χ2n) is 8.22. The zero-order chi connectivity index (χ0) is 23.6. The zero-order valence-electron chi connectivity index (χ0n) is 18.9. The normalized spacial score (nSPS) is 14.2. The first-order valence-electron chi connectivity index (χ1n) is 10.4. The third-order valence-electron chi connectivity index (χ3n) is 5.18. The fourth-order valence-corrected chi connectivity index (χ4v) is 3.72. The number of carbonyl (C=O) groups excluding carboxylic acids is 3. The topological polar surface area (TPSA) is 76.2 Å². The van der Waals surface area contributed by atoms with E-state index in [9.17, 15) is 14.4 Å². The fourth-order valence-electron chi connectivity index (χ4n) is 3.60. The van der Waals surface area contributed by atoms with E-state index in [-0.39, 0.29) is 31.6 Å². The van der Waals surface area contributed by atoms with Crippen molar-refractivity contribution in [1.82, 2.24) is 4.90 Å². The summed E-state index contributed by atoms with van der Waals surface area (Å²) in [6.07, 6.45) is 0. The molecule has 1 aliphatic rings. The van der Waals surface area contributed by atoms with Crippen LogP contribution in [0.2, 0.25) is 5.02 Å². The molecule has 2 aromatic rings. The van der Waals surface area contributed by atoms with Crippen molar-refractivity contribution in [3.05, 3.63) is 58.1 Å². The van der Waals surface area contributed by atoms with E-state index in [2.05, 4.69) is 0 Å². The van der Waals surface area contributed by atoms with E-state index in [1.807, 2.05) is 26.0 Å². The standard InChI is InChI=1S/C24H27ClN2O5/c1-6-31-22(29)24(4,5)32-21-15(2)11-17(12-16(21)3)13-27-20(28)14-26(23(27)30)19-9-7-18(25)8-10-19/h7-12H,6,13-14H2,1-5H3. The smallest absolute Gasteiger partial charge is 0.349 e. The SMILES string of the molecule is CCOC(=O)C(C)(C)Oc1c(C)cc(CN2C(=O)CN(c3ccc(Cl)cc3)C2=O)cc1C. The third kappa shape index (κ3) is 4.88. The van der Waals surface area contributed by atoms with Crippen LogP contribution in [0.3, 0.4) is 0 Å². The lowest BCUT2D eigenvalue weighted by molar-refractivity contribution is -0.158. The highest BCUT2D eigenvalue weighted by Crippen LogP contribution is 2.31. The number of carbonyl (C=O) groups is 3. The Bertz CT molecular complexity index is 1030. The molecule has 8 heteroatoms. The van der Waals surface area contributed by atoms with Gasteiger partial charge in [-0.15, -0.1) is 0 Å². The molecule has 0 bridgehead atoms. The summed E-state index contributed by atoms with van der Waals surface area (Å²) in [5.41, 5.74) is 1.86. The maximum Gasteiger partial charge on any atom is 0.349 e. The van der Waals surface area contributed by atoms with Gasteiger partial charge in [0.05, 0.1) is 13.2 Å². The minimum Gasteiger partial charge on any atom is -0.476 e. The van der Waals surface area contributed by atoms with Gasteiger partial charge in [-0.3, -0.25) is 14.6 Å². The molecule has 1 fully saturated rings. The quantitative estimate of drug-likeness (QED) is 0.446. The van der Waals surface area contributed by atoms with E-state index in [4.69, 9.17) is 21.1 Å². The minimum absolute atomic E-state index is 0.0205. The maximum atomic E-state index is 12.9. The molecule has 7 nitrogen and oxygen atoms in total. The van der Waals surface area contributed by atoms with E-state index < -0.39 is 11.6 Å². The molecule has 1 aliphatic heterocycles. The van der Waals surface area contributed by atoms with Crippen LogP contribution < -0.4 is 9.64 Å². The third-order valence-corrected chi connectivity index (χ3v) is 5.43. The number of rotatable bonds is 7. The predicted molar refractivity (Wildman–Crippen MR) is 122 cm³/mol. The minimum atomic E-state index is -1.15. The van der Waals surface area contributed by atoms with Crippen molar-refractivity contribution in [2.24, 2.45) is 0 Å². The van der Waals surface area contributed by atoms with Gasteiger partial charge in [-0.1, -0.05) is 23.7 Å². The molecule has 0 unspecified atom stereocenters. The molecule has 0 radical (unpaired) electrons. The molecule has 32 heavy (non-hydrogen) atoms. The fraction of sp³-hybridized carbons (Fsp3) is 0.375. The van der Waals surface area contributed by atoms with E-state index in [1.165, 1.54) is 9.80 Å². The molecule has 3 amide bonds. The Morgan fingerprint density at radius 2 is 1.69 bits per heavy atom. The van der Waals surface area contributed by atoms with Crippen LogP contribution in [0.25, 0.3) is 0 Å². The summed E-state index contributed by atoms with van der Waals surface area (Å²) in [6.45, 7) is 9.18. The number of ether oxygens (including phenoxy) is 2. The zero-order valence-corrected chi connectivity index (χ0v) is 19.7. The molecular weight excluding hydrogens is 432 g/mol. The van der Waals surface area contributed by atoms with Crippen LogP contribution in [0.4, 0.5) is 10.5 Å². The lowest BCUT2D eigenvalue weighted by Crippen LogP contribution is -2.40. The molecule has 0 saturated carbocycles. The molecule has 0 aliphatic carbocycles.